The van der Waals surface area contributed by atoms with Crippen LogP contribution in [0.3, 0.4) is 0 Å². The fourth-order valence-electron chi connectivity index (χ4n) is 4.49. The van der Waals surface area contributed by atoms with E-state index in [2.05, 4.69) is 48.1 Å². The van der Waals surface area contributed by atoms with Gasteiger partial charge in [-0.3, -0.25) is 0 Å². The van der Waals surface area contributed by atoms with Crippen molar-refractivity contribution < 1.29 is 19.4 Å². The number of morpholine rings is 1. The molecule has 9 nitrogen and oxygen atoms in total. The Morgan fingerprint density at radius 3 is 2.33 bits per heavy atom. The third kappa shape index (κ3) is 7.92. The molecule has 0 bridgehead atoms. The number of aromatic nitrogens is 1. The lowest BCUT2D eigenvalue weighted by Crippen LogP contribution is -2.48. The number of rotatable bonds is 13. The topological polar surface area (TPSA) is 106 Å². The number of nitrogens with zero attached hydrogens (tertiary/aromatic N) is 4. The van der Waals surface area contributed by atoms with Crippen LogP contribution in [0.5, 0.6) is 11.5 Å². The minimum Gasteiger partial charge on any atom is -0.455 e. The molecule has 0 amide bonds. The van der Waals surface area contributed by atoms with E-state index in [1.165, 1.54) is 4.88 Å². The van der Waals surface area contributed by atoms with Gasteiger partial charge in [0.05, 0.1) is 30.5 Å². The van der Waals surface area contributed by atoms with Gasteiger partial charge in [-0.05, 0) is 61.9 Å². The molecular weight excluding hydrogens is 514 g/mol. The third-order valence-corrected chi connectivity index (χ3v) is 7.55. The Bertz CT molecular complexity index is 1190. The summed E-state index contributed by atoms with van der Waals surface area (Å²) in [5.41, 5.74) is 8.39. The van der Waals surface area contributed by atoms with Crippen molar-refractivity contribution in [3.05, 3.63) is 64.0 Å². The normalized spacial score (nSPS) is 15.4. The first-order chi connectivity index (χ1) is 19.0. The largest absolute Gasteiger partial charge is 0.455 e. The summed E-state index contributed by atoms with van der Waals surface area (Å²) in [6.07, 6.45) is 2.33. The summed E-state index contributed by atoms with van der Waals surface area (Å²) in [5, 5.41) is 17.8. The second kappa shape index (κ2) is 14.3. The van der Waals surface area contributed by atoms with Crippen molar-refractivity contribution in [2.24, 2.45) is 10.9 Å². The van der Waals surface area contributed by atoms with Crippen LogP contribution in [0.1, 0.15) is 48.6 Å². The molecule has 0 saturated carbocycles. The predicted molar refractivity (Wildman–Crippen MR) is 154 cm³/mol. The van der Waals surface area contributed by atoms with Crippen LogP contribution in [0.25, 0.3) is 11.3 Å². The SMILES string of the molecule is CCCCC(Oc1ccc(C(N)=NO)cc1)Oc1ccc(-c2nc(C)sc2CN(CC)N2CCOCC2)cc1. The Morgan fingerprint density at radius 1 is 1.10 bits per heavy atom. The van der Waals surface area contributed by atoms with Gasteiger partial charge in [-0.25, -0.2) is 15.0 Å². The third-order valence-electron chi connectivity index (χ3n) is 6.60. The number of amidine groups is 1. The molecule has 210 valence electrons. The maximum absolute atomic E-state index is 8.88. The van der Waals surface area contributed by atoms with E-state index in [0.717, 1.165) is 80.7 Å². The molecule has 1 atom stereocenters. The Morgan fingerprint density at radius 2 is 1.74 bits per heavy atom. The van der Waals surface area contributed by atoms with Crippen molar-refractivity contribution in [3.63, 3.8) is 0 Å². The number of nitrogens with two attached hydrogens (primary N) is 1. The van der Waals surface area contributed by atoms with Crippen LogP contribution in [0.2, 0.25) is 0 Å². The van der Waals surface area contributed by atoms with Crippen LogP contribution < -0.4 is 15.2 Å². The van der Waals surface area contributed by atoms with Crippen LogP contribution in [0.4, 0.5) is 0 Å². The Hall–Kier alpha value is -3.18. The molecule has 1 aliphatic heterocycles. The van der Waals surface area contributed by atoms with E-state index < -0.39 is 6.29 Å². The molecule has 10 heteroatoms. The zero-order valence-corrected chi connectivity index (χ0v) is 23.8. The molecule has 4 rings (SSSR count). The van der Waals surface area contributed by atoms with Crippen LogP contribution >= 0.6 is 11.3 Å². The quantitative estimate of drug-likeness (QED) is 0.0971. The average molecular weight is 554 g/mol. The molecule has 1 unspecified atom stereocenters. The molecule has 3 N–H and O–H groups in total. The zero-order valence-electron chi connectivity index (χ0n) is 23.0. The standard InChI is InChI=1S/C29H39N5O4S/c1-4-6-7-27(38-25-14-10-23(11-15-25)29(30)32-35)37-24-12-8-22(9-13-24)28-26(39-21(3)31-28)20-33(5-2)34-16-18-36-19-17-34/h8-15,27,35H,4-7,16-20H2,1-3H3,(H2,30,32). The Labute approximate surface area is 234 Å². The Kier molecular flexibility index (Phi) is 10.5. The van der Waals surface area contributed by atoms with Crippen molar-refractivity contribution in [2.75, 3.05) is 32.8 Å². The monoisotopic (exact) mass is 553 g/mol. The lowest BCUT2D eigenvalue weighted by molar-refractivity contribution is -0.0921. The molecule has 0 aliphatic carbocycles. The highest BCUT2D eigenvalue weighted by atomic mass is 32.1. The number of thiazole rings is 1. The molecule has 39 heavy (non-hydrogen) atoms. The number of oxime groups is 1. The highest BCUT2D eigenvalue weighted by molar-refractivity contribution is 7.12. The van der Waals surface area contributed by atoms with E-state index in [1.807, 2.05) is 12.1 Å². The zero-order chi connectivity index (χ0) is 27.6. The van der Waals surface area contributed by atoms with Gasteiger partial charge in [0, 0.05) is 42.1 Å². The van der Waals surface area contributed by atoms with E-state index in [0.29, 0.717) is 11.3 Å². The number of hydrogen-bond acceptors (Lipinski definition) is 9. The Balaban J connectivity index is 1.45. The van der Waals surface area contributed by atoms with E-state index in [4.69, 9.17) is 30.1 Å². The molecule has 3 aromatic rings. The van der Waals surface area contributed by atoms with Gasteiger partial charge in [-0.2, -0.15) is 0 Å². The molecule has 2 heterocycles. The lowest BCUT2D eigenvalue weighted by Gasteiger charge is -2.36. The summed E-state index contributed by atoms with van der Waals surface area (Å²) in [4.78, 5) is 6.13. The summed E-state index contributed by atoms with van der Waals surface area (Å²) < 4.78 is 17.9. The molecule has 1 fully saturated rings. The molecule has 2 aromatic carbocycles. The number of benzene rings is 2. The maximum Gasteiger partial charge on any atom is 0.241 e. The summed E-state index contributed by atoms with van der Waals surface area (Å²) in [5.74, 6) is 1.46. The summed E-state index contributed by atoms with van der Waals surface area (Å²) in [6.45, 7) is 11.6. The second-order valence-electron chi connectivity index (χ2n) is 9.39. The summed E-state index contributed by atoms with van der Waals surface area (Å²) in [6, 6.07) is 15.2. The minimum absolute atomic E-state index is 0.0578. The van der Waals surface area contributed by atoms with Gasteiger partial charge in [0.1, 0.15) is 11.5 Å². The number of aryl methyl sites for hydroxylation is 1. The van der Waals surface area contributed by atoms with Gasteiger partial charge in [0.2, 0.25) is 6.29 Å². The van der Waals surface area contributed by atoms with Gasteiger partial charge in [0.15, 0.2) is 5.84 Å². The molecule has 0 radical (unpaired) electrons. The number of ether oxygens (including phenoxy) is 3. The fourth-order valence-corrected chi connectivity index (χ4v) is 5.45. The molecule has 1 aliphatic rings. The van der Waals surface area contributed by atoms with Gasteiger partial charge in [-0.15, -0.1) is 11.3 Å². The number of unbranched alkanes of at least 4 members (excludes halogenated alkanes) is 1. The van der Waals surface area contributed by atoms with E-state index in [9.17, 15) is 0 Å². The van der Waals surface area contributed by atoms with Crippen molar-refractivity contribution >= 4 is 17.2 Å². The summed E-state index contributed by atoms with van der Waals surface area (Å²) >= 11 is 1.76. The first-order valence-corrected chi connectivity index (χ1v) is 14.4. The fraction of sp³-hybridized carbons (Fsp3) is 0.448. The lowest BCUT2D eigenvalue weighted by atomic mass is 10.1. The van der Waals surface area contributed by atoms with Crippen LogP contribution in [-0.4, -0.2) is 65.2 Å². The molecule has 0 spiro atoms. The molecule has 1 saturated heterocycles. The van der Waals surface area contributed by atoms with E-state index in [1.54, 1.807) is 35.6 Å². The minimum atomic E-state index is -0.436. The van der Waals surface area contributed by atoms with Crippen molar-refractivity contribution in [3.8, 4) is 22.8 Å². The first kappa shape index (κ1) is 28.8. The van der Waals surface area contributed by atoms with E-state index in [-0.39, 0.29) is 5.84 Å². The van der Waals surface area contributed by atoms with Crippen molar-refractivity contribution in [2.45, 2.75) is 52.9 Å². The van der Waals surface area contributed by atoms with E-state index >= 15 is 0 Å². The first-order valence-electron chi connectivity index (χ1n) is 13.6. The van der Waals surface area contributed by atoms with Crippen molar-refractivity contribution in [1.29, 1.82) is 0 Å². The van der Waals surface area contributed by atoms with Gasteiger partial charge >= 0.3 is 0 Å². The average Bonchev–Trinajstić information content (AvgIpc) is 3.35. The highest BCUT2D eigenvalue weighted by Crippen LogP contribution is 2.31. The number of hydrazine groups is 1. The maximum atomic E-state index is 8.88. The highest BCUT2D eigenvalue weighted by Gasteiger charge is 2.21. The smallest absolute Gasteiger partial charge is 0.241 e. The predicted octanol–water partition coefficient (Wildman–Crippen LogP) is 5.26. The summed E-state index contributed by atoms with van der Waals surface area (Å²) in [7, 11) is 0. The molecular formula is C29H39N5O4S. The van der Waals surface area contributed by atoms with Crippen molar-refractivity contribution in [1.82, 2.24) is 15.0 Å². The van der Waals surface area contributed by atoms with Gasteiger partial charge in [-0.1, -0.05) is 25.4 Å². The second-order valence-corrected chi connectivity index (χ2v) is 10.7. The van der Waals surface area contributed by atoms with Gasteiger partial charge < -0.3 is 25.2 Å². The van der Waals surface area contributed by atoms with Crippen LogP contribution in [0, 0.1) is 6.92 Å². The van der Waals surface area contributed by atoms with Gasteiger partial charge in [0.25, 0.3) is 0 Å². The molecule has 1 aromatic heterocycles. The van der Waals surface area contributed by atoms with Crippen LogP contribution in [-0.2, 0) is 11.3 Å². The van der Waals surface area contributed by atoms with Crippen LogP contribution in [0.15, 0.2) is 53.7 Å². The number of hydrogen-bond donors (Lipinski definition) is 2.